The predicted molar refractivity (Wildman–Crippen MR) is 76.3 cm³/mol. The van der Waals surface area contributed by atoms with Crippen molar-refractivity contribution in [3.8, 4) is 0 Å². The molecule has 1 unspecified atom stereocenters. The molecule has 1 aromatic rings. The van der Waals surface area contributed by atoms with Crippen LogP contribution in [0.15, 0.2) is 23.1 Å². The first-order valence-electron chi connectivity index (χ1n) is 6.68. The van der Waals surface area contributed by atoms with E-state index in [1.807, 2.05) is 6.92 Å². The fourth-order valence-corrected chi connectivity index (χ4v) is 3.64. The van der Waals surface area contributed by atoms with Crippen molar-refractivity contribution in [3.05, 3.63) is 24.0 Å². The molecule has 0 radical (unpaired) electrons. The largest absolute Gasteiger partial charge is 0.396 e. The van der Waals surface area contributed by atoms with Crippen LogP contribution in [0.5, 0.6) is 0 Å². The van der Waals surface area contributed by atoms with Gasteiger partial charge in [0, 0.05) is 12.6 Å². The highest BCUT2D eigenvalue weighted by Crippen LogP contribution is 2.16. The molecule has 20 heavy (non-hydrogen) atoms. The summed E-state index contributed by atoms with van der Waals surface area (Å²) >= 11 is 0. The van der Waals surface area contributed by atoms with E-state index in [2.05, 4.69) is 9.62 Å². The molecule has 0 spiro atoms. The van der Waals surface area contributed by atoms with Crippen molar-refractivity contribution >= 4 is 15.7 Å². The summed E-state index contributed by atoms with van der Waals surface area (Å²) in [6, 6.07) is 3.29. The number of nitrogens with one attached hydrogen (secondary N) is 1. The molecule has 1 heterocycles. The van der Waals surface area contributed by atoms with E-state index in [1.165, 1.54) is 12.1 Å². The second kappa shape index (κ2) is 6.07. The number of rotatable bonds is 5. The van der Waals surface area contributed by atoms with Crippen molar-refractivity contribution in [2.75, 3.05) is 25.4 Å². The van der Waals surface area contributed by atoms with Crippen LogP contribution in [0.25, 0.3) is 0 Å². The van der Waals surface area contributed by atoms with Gasteiger partial charge in [-0.05, 0) is 51.1 Å². The minimum Gasteiger partial charge on any atom is -0.396 e. The number of hydrogen-bond acceptors (Lipinski definition) is 4. The zero-order valence-electron chi connectivity index (χ0n) is 11.5. The van der Waals surface area contributed by atoms with Gasteiger partial charge in [0.2, 0.25) is 10.0 Å². The zero-order chi connectivity index (χ0) is 14.8. The lowest BCUT2D eigenvalue weighted by Crippen LogP contribution is -2.41. The Kier molecular flexibility index (Phi) is 4.62. The zero-order valence-corrected chi connectivity index (χ0v) is 12.3. The van der Waals surface area contributed by atoms with E-state index >= 15 is 0 Å². The van der Waals surface area contributed by atoms with Crippen LogP contribution in [-0.2, 0) is 10.0 Å². The average Bonchev–Trinajstić information content (AvgIpc) is 2.84. The van der Waals surface area contributed by atoms with E-state index in [0.29, 0.717) is 6.54 Å². The average molecular weight is 301 g/mol. The number of anilines is 1. The Balaban J connectivity index is 2.03. The third-order valence-electron chi connectivity index (χ3n) is 3.37. The number of sulfonamides is 1. The molecule has 0 saturated carbocycles. The van der Waals surface area contributed by atoms with Gasteiger partial charge >= 0.3 is 0 Å². The van der Waals surface area contributed by atoms with Crippen LogP contribution in [0.1, 0.15) is 19.8 Å². The maximum absolute atomic E-state index is 13.3. The first-order chi connectivity index (χ1) is 9.38. The minimum absolute atomic E-state index is 0.0611. The van der Waals surface area contributed by atoms with Gasteiger partial charge in [-0.2, -0.15) is 0 Å². The smallest absolute Gasteiger partial charge is 0.240 e. The summed E-state index contributed by atoms with van der Waals surface area (Å²) in [5, 5.41) is 0. The molecule has 0 bridgehead atoms. The molecule has 1 aromatic carbocycles. The fraction of sp³-hybridized carbons (Fsp3) is 0.538. The van der Waals surface area contributed by atoms with Crippen LogP contribution in [0, 0.1) is 5.82 Å². The number of hydrogen-bond donors (Lipinski definition) is 2. The summed E-state index contributed by atoms with van der Waals surface area (Å²) in [6.07, 6.45) is 2.31. The van der Waals surface area contributed by atoms with Gasteiger partial charge in [0.05, 0.1) is 10.6 Å². The first-order valence-corrected chi connectivity index (χ1v) is 8.16. The van der Waals surface area contributed by atoms with Crippen molar-refractivity contribution in [1.82, 2.24) is 9.62 Å². The van der Waals surface area contributed by atoms with Crippen LogP contribution >= 0.6 is 0 Å². The van der Waals surface area contributed by atoms with Crippen LogP contribution in [0.3, 0.4) is 0 Å². The molecule has 112 valence electrons. The lowest BCUT2D eigenvalue weighted by Gasteiger charge is -2.21. The van der Waals surface area contributed by atoms with E-state index in [1.54, 1.807) is 0 Å². The Morgan fingerprint density at radius 2 is 2.05 bits per heavy atom. The Labute approximate surface area is 119 Å². The molecule has 1 atom stereocenters. The third kappa shape index (κ3) is 3.68. The van der Waals surface area contributed by atoms with Gasteiger partial charge in [-0.1, -0.05) is 0 Å². The summed E-state index contributed by atoms with van der Waals surface area (Å²) in [5.41, 5.74) is 5.28. The highest BCUT2D eigenvalue weighted by Gasteiger charge is 2.21. The molecule has 1 aliphatic rings. The van der Waals surface area contributed by atoms with E-state index in [9.17, 15) is 12.8 Å². The highest BCUT2D eigenvalue weighted by atomic mass is 32.2. The van der Waals surface area contributed by atoms with Crippen molar-refractivity contribution in [3.63, 3.8) is 0 Å². The molecule has 1 saturated heterocycles. The van der Waals surface area contributed by atoms with E-state index in [-0.39, 0.29) is 16.6 Å². The predicted octanol–water partition coefficient (Wildman–Crippen LogP) is 1.17. The standard InChI is InChI=1S/C13H20FN3O2S/c1-10(9-17-6-2-3-7-17)16-20(18,19)11-4-5-13(15)12(14)8-11/h4-5,8,10,16H,2-3,6-7,9,15H2,1H3. The number of nitrogens with two attached hydrogens (primary N) is 1. The van der Waals surface area contributed by atoms with Crippen LogP contribution in [0.2, 0.25) is 0 Å². The Morgan fingerprint density at radius 1 is 1.40 bits per heavy atom. The van der Waals surface area contributed by atoms with Gasteiger partial charge in [0.1, 0.15) is 5.82 Å². The Morgan fingerprint density at radius 3 is 2.65 bits per heavy atom. The Hall–Kier alpha value is -1.18. The SMILES string of the molecule is CC(CN1CCCC1)NS(=O)(=O)c1ccc(N)c(F)c1. The lowest BCUT2D eigenvalue weighted by molar-refractivity contribution is 0.313. The first kappa shape index (κ1) is 15.2. The monoisotopic (exact) mass is 301 g/mol. The minimum atomic E-state index is -3.71. The summed E-state index contributed by atoms with van der Waals surface area (Å²) in [7, 11) is -3.71. The third-order valence-corrected chi connectivity index (χ3v) is 4.96. The summed E-state index contributed by atoms with van der Waals surface area (Å²) in [4.78, 5) is 2.12. The van der Waals surface area contributed by atoms with Gasteiger partial charge < -0.3 is 10.6 Å². The number of nitrogens with zero attached hydrogens (tertiary/aromatic N) is 1. The normalized spacial score (nSPS) is 18.3. The molecule has 7 heteroatoms. The quantitative estimate of drug-likeness (QED) is 0.801. The van der Waals surface area contributed by atoms with Crippen molar-refractivity contribution in [1.29, 1.82) is 0 Å². The van der Waals surface area contributed by atoms with E-state index in [4.69, 9.17) is 5.73 Å². The second-order valence-electron chi connectivity index (χ2n) is 5.21. The molecule has 0 aromatic heterocycles. The lowest BCUT2D eigenvalue weighted by atomic mass is 10.3. The molecule has 1 aliphatic heterocycles. The van der Waals surface area contributed by atoms with Crippen LogP contribution < -0.4 is 10.5 Å². The molecule has 0 aliphatic carbocycles. The number of likely N-dealkylation sites (tertiary alicyclic amines) is 1. The number of benzene rings is 1. The number of halogens is 1. The van der Waals surface area contributed by atoms with E-state index in [0.717, 1.165) is 32.0 Å². The maximum atomic E-state index is 13.3. The molecule has 1 fully saturated rings. The summed E-state index contributed by atoms with van der Waals surface area (Å²) < 4.78 is 40.2. The van der Waals surface area contributed by atoms with Crippen LogP contribution in [0.4, 0.5) is 10.1 Å². The van der Waals surface area contributed by atoms with Gasteiger partial charge in [0.15, 0.2) is 0 Å². The van der Waals surface area contributed by atoms with Gasteiger partial charge in [-0.25, -0.2) is 17.5 Å². The second-order valence-corrected chi connectivity index (χ2v) is 6.93. The molecular formula is C13H20FN3O2S. The fourth-order valence-electron chi connectivity index (χ4n) is 2.40. The van der Waals surface area contributed by atoms with Crippen LogP contribution in [-0.4, -0.2) is 39.0 Å². The van der Waals surface area contributed by atoms with Crippen molar-refractivity contribution in [2.24, 2.45) is 0 Å². The maximum Gasteiger partial charge on any atom is 0.240 e. The van der Waals surface area contributed by atoms with Crippen molar-refractivity contribution in [2.45, 2.75) is 30.7 Å². The molecule has 0 amide bonds. The Bertz CT molecular complexity index is 571. The topological polar surface area (TPSA) is 75.4 Å². The van der Waals surface area contributed by atoms with Crippen molar-refractivity contribution < 1.29 is 12.8 Å². The molecule has 2 rings (SSSR count). The van der Waals surface area contributed by atoms with Gasteiger partial charge in [-0.15, -0.1) is 0 Å². The molecular weight excluding hydrogens is 281 g/mol. The molecule has 5 nitrogen and oxygen atoms in total. The summed E-state index contributed by atoms with van der Waals surface area (Å²) in [5.74, 6) is -0.722. The summed E-state index contributed by atoms with van der Waals surface area (Å²) in [6.45, 7) is 4.48. The number of nitrogen functional groups attached to an aromatic ring is 1. The van der Waals surface area contributed by atoms with Gasteiger partial charge in [0.25, 0.3) is 0 Å². The van der Waals surface area contributed by atoms with Gasteiger partial charge in [-0.3, -0.25) is 0 Å². The highest BCUT2D eigenvalue weighted by molar-refractivity contribution is 7.89. The van der Waals surface area contributed by atoms with E-state index < -0.39 is 15.8 Å². The molecule has 3 N–H and O–H groups in total.